The molecule has 5 heteroatoms. The molecule has 1 heterocycles. The molecule has 2 N–H and O–H groups in total. The smallest absolute Gasteiger partial charge is 0.161 e. The molecule has 22 heavy (non-hydrogen) atoms. The van der Waals surface area contributed by atoms with Crippen molar-refractivity contribution in [2.75, 3.05) is 60.0 Å². The Morgan fingerprint density at radius 2 is 1.91 bits per heavy atom. The van der Waals surface area contributed by atoms with Gasteiger partial charge in [0.1, 0.15) is 6.61 Å². The maximum Gasteiger partial charge on any atom is 0.161 e. The lowest BCUT2D eigenvalue weighted by Crippen LogP contribution is -2.45. The molecule has 0 spiro atoms. The topological polar surface area (TPSA) is 51.0 Å². The van der Waals surface area contributed by atoms with Crippen molar-refractivity contribution in [2.45, 2.75) is 12.8 Å². The number of benzene rings is 1. The van der Waals surface area contributed by atoms with Gasteiger partial charge < -0.3 is 20.1 Å². The molecule has 0 aliphatic carbocycles. The maximum absolute atomic E-state index is 5.91. The van der Waals surface area contributed by atoms with Crippen molar-refractivity contribution in [3.05, 3.63) is 23.8 Å². The fourth-order valence-corrected chi connectivity index (χ4v) is 2.65. The molecular formula is C17H29N3O2. The molecule has 0 bridgehead atoms. The van der Waals surface area contributed by atoms with Gasteiger partial charge in [0.15, 0.2) is 11.5 Å². The van der Waals surface area contributed by atoms with Gasteiger partial charge in [-0.15, -0.1) is 0 Å². The Bertz CT molecular complexity index is 446. The number of methoxy groups -OCH3 is 1. The van der Waals surface area contributed by atoms with Crippen LogP contribution >= 0.6 is 0 Å². The fraction of sp³-hybridized carbons (Fsp3) is 0.647. The van der Waals surface area contributed by atoms with Crippen molar-refractivity contribution in [1.29, 1.82) is 0 Å². The molecular weight excluding hydrogens is 278 g/mol. The van der Waals surface area contributed by atoms with Crippen LogP contribution in [0.25, 0.3) is 0 Å². The van der Waals surface area contributed by atoms with Gasteiger partial charge in [0.2, 0.25) is 0 Å². The minimum absolute atomic E-state index is 0.697. The first-order chi connectivity index (χ1) is 10.7. The molecule has 5 nitrogen and oxygen atoms in total. The third-order valence-electron chi connectivity index (χ3n) is 4.16. The summed E-state index contributed by atoms with van der Waals surface area (Å²) in [5.41, 5.74) is 6.80. The van der Waals surface area contributed by atoms with E-state index in [9.17, 15) is 0 Å². The van der Waals surface area contributed by atoms with Crippen molar-refractivity contribution < 1.29 is 9.47 Å². The third kappa shape index (κ3) is 5.16. The number of ether oxygens (including phenoxy) is 2. The number of nitrogens with two attached hydrogens (primary N) is 1. The number of aryl methyl sites for hydroxylation is 1. The van der Waals surface area contributed by atoms with Crippen LogP contribution in [0.15, 0.2) is 18.2 Å². The lowest BCUT2D eigenvalue weighted by Gasteiger charge is -2.32. The van der Waals surface area contributed by atoms with Gasteiger partial charge in [0.05, 0.1) is 7.11 Å². The van der Waals surface area contributed by atoms with Crippen LogP contribution in [-0.2, 0) is 6.42 Å². The summed E-state index contributed by atoms with van der Waals surface area (Å²) in [6.07, 6.45) is 1.97. The van der Waals surface area contributed by atoms with Gasteiger partial charge >= 0.3 is 0 Å². The Morgan fingerprint density at radius 3 is 2.59 bits per heavy atom. The molecule has 0 atom stereocenters. The lowest BCUT2D eigenvalue weighted by molar-refractivity contribution is 0.133. The first-order valence-electron chi connectivity index (χ1n) is 8.13. The summed E-state index contributed by atoms with van der Waals surface area (Å²) in [6, 6.07) is 6.17. The predicted molar refractivity (Wildman–Crippen MR) is 89.8 cm³/mol. The lowest BCUT2D eigenvalue weighted by atomic mass is 10.1. The number of likely N-dealkylation sites (N-methyl/N-ethyl adjacent to an activating group) is 1. The number of hydrogen-bond acceptors (Lipinski definition) is 5. The molecule has 1 saturated heterocycles. The number of rotatable bonds is 8. The van der Waals surface area contributed by atoms with E-state index in [0.29, 0.717) is 13.2 Å². The van der Waals surface area contributed by atoms with E-state index in [-0.39, 0.29) is 0 Å². The van der Waals surface area contributed by atoms with Gasteiger partial charge in [0.25, 0.3) is 0 Å². The minimum atomic E-state index is 0.697. The van der Waals surface area contributed by atoms with Crippen LogP contribution in [0.5, 0.6) is 11.5 Å². The van der Waals surface area contributed by atoms with E-state index in [1.165, 1.54) is 5.56 Å². The van der Waals surface area contributed by atoms with E-state index in [2.05, 4.69) is 29.0 Å². The largest absolute Gasteiger partial charge is 0.493 e. The van der Waals surface area contributed by atoms with Crippen LogP contribution in [-0.4, -0.2) is 69.8 Å². The first kappa shape index (κ1) is 17.1. The van der Waals surface area contributed by atoms with Crippen LogP contribution in [0.1, 0.15) is 12.0 Å². The van der Waals surface area contributed by atoms with E-state index in [1.807, 2.05) is 6.07 Å². The predicted octanol–water partition coefficient (Wildman–Crippen LogP) is 1.21. The SMILES string of the molecule is COc1cc(CCCN)ccc1OCCN1CCN(C)CC1. The Hall–Kier alpha value is -1.30. The average Bonchev–Trinajstić information content (AvgIpc) is 2.55. The molecule has 1 aliphatic rings. The van der Waals surface area contributed by atoms with E-state index in [1.54, 1.807) is 7.11 Å². The summed E-state index contributed by atoms with van der Waals surface area (Å²) in [4.78, 5) is 4.81. The van der Waals surface area contributed by atoms with E-state index >= 15 is 0 Å². The van der Waals surface area contributed by atoms with Crippen molar-refractivity contribution in [3.8, 4) is 11.5 Å². The van der Waals surface area contributed by atoms with Crippen molar-refractivity contribution in [2.24, 2.45) is 5.73 Å². The van der Waals surface area contributed by atoms with Gasteiger partial charge in [-0.25, -0.2) is 0 Å². The van der Waals surface area contributed by atoms with Gasteiger partial charge in [-0.05, 0) is 44.1 Å². The molecule has 0 aromatic heterocycles. The normalized spacial score (nSPS) is 16.7. The summed E-state index contributed by atoms with van der Waals surface area (Å²) in [5.74, 6) is 1.64. The molecule has 1 aromatic rings. The highest BCUT2D eigenvalue weighted by Crippen LogP contribution is 2.28. The van der Waals surface area contributed by atoms with E-state index < -0.39 is 0 Å². The highest BCUT2D eigenvalue weighted by Gasteiger charge is 2.13. The van der Waals surface area contributed by atoms with Crippen LogP contribution in [0.2, 0.25) is 0 Å². The zero-order chi connectivity index (χ0) is 15.8. The third-order valence-corrected chi connectivity index (χ3v) is 4.16. The van der Waals surface area contributed by atoms with E-state index in [0.717, 1.165) is 57.1 Å². The number of nitrogens with zero attached hydrogens (tertiary/aromatic N) is 2. The second-order valence-electron chi connectivity index (χ2n) is 5.87. The van der Waals surface area contributed by atoms with Gasteiger partial charge in [-0.2, -0.15) is 0 Å². The quantitative estimate of drug-likeness (QED) is 0.782. The van der Waals surface area contributed by atoms with Crippen molar-refractivity contribution in [3.63, 3.8) is 0 Å². The molecule has 1 aliphatic heterocycles. The Morgan fingerprint density at radius 1 is 1.14 bits per heavy atom. The summed E-state index contributed by atoms with van der Waals surface area (Å²) >= 11 is 0. The molecule has 0 saturated carbocycles. The van der Waals surface area contributed by atoms with Gasteiger partial charge in [0, 0.05) is 32.7 Å². The van der Waals surface area contributed by atoms with Crippen molar-refractivity contribution >= 4 is 0 Å². The summed E-state index contributed by atoms with van der Waals surface area (Å²) in [7, 11) is 3.86. The second-order valence-corrected chi connectivity index (χ2v) is 5.87. The average molecular weight is 307 g/mol. The number of piperazine rings is 1. The first-order valence-corrected chi connectivity index (χ1v) is 8.13. The molecule has 1 aromatic carbocycles. The Labute approximate surface area is 134 Å². The standard InChI is InChI=1S/C17H29N3O2/c1-19-8-10-20(11-9-19)12-13-22-16-6-5-15(4-3-7-18)14-17(16)21-2/h5-6,14H,3-4,7-13,18H2,1-2H3. The minimum Gasteiger partial charge on any atom is -0.493 e. The number of hydrogen-bond donors (Lipinski definition) is 1. The van der Waals surface area contributed by atoms with Gasteiger partial charge in [-0.3, -0.25) is 4.90 Å². The summed E-state index contributed by atoms with van der Waals surface area (Å²) < 4.78 is 11.4. The molecule has 0 amide bonds. The van der Waals surface area contributed by atoms with E-state index in [4.69, 9.17) is 15.2 Å². The highest BCUT2D eigenvalue weighted by atomic mass is 16.5. The Balaban J connectivity index is 1.81. The highest BCUT2D eigenvalue weighted by molar-refractivity contribution is 5.43. The van der Waals surface area contributed by atoms with Crippen molar-refractivity contribution in [1.82, 2.24) is 9.80 Å². The maximum atomic E-state index is 5.91. The Kier molecular flexibility index (Phi) is 6.96. The fourth-order valence-electron chi connectivity index (χ4n) is 2.65. The second kappa shape index (κ2) is 8.98. The molecule has 2 rings (SSSR count). The zero-order valence-corrected chi connectivity index (χ0v) is 13.9. The van der Waals surface area contributed by atoms with Crippen LogP contribution < -0.4 is 15.2 Å². The summed E-state index contributed by atoms with van der Waals surface area (Å²) in [5, 5.41) is 0. The van der Waals surface area contributed by atoms with Gasteiger partial charge in [-0.1, -0.05) is 6.07 Å². The molecule has 1 fully saturated rings. The van der Waals surface area contributed by atoms with Crippen LogP contribution in [0.3, 0.4) is 0 Å². The summed E-state index contributed by atoms with van der Waals surface area (Å²) in [6.45, 7) is 6.89. The van der Waals surface area contributed by atoms with Crippen LogP contribution in [0, 0.1) is 0 Å². The molecule has 0 radical (unpaired) electrons. The molecule has 0 unspecified atom stereocenters. The van der Waals surface area contributed by atoms with Crippen LogP contribution in [0.4, 0.5) is 0 Å². The molecule has 124 valence electrons. The zero-order valence-electron chi connectivity index (χ0n) is 13.9. The monoisotopic (exact) mass is 307 g/mol.